The van der Waals surface area contributed by atoms with E-state index < -0.39 is 66.5 Å². The van der Waals surface area contributed by atoms with Gasteiger partial charge in [0.05, 0.1) is 19.1 Å². The molecular formula is C25H40N6O6. The van der Waals surface area contributed by atoms with Crippen molar-refractivity contribution in [1.29, 1.82) is 0 Å². The van der Waals surface area contributed by atoms with Gasteiger partial charge in [-0.05, 0) is 45.5 Å². The Balaban J connectivity index is 3.10. The Morgan fingerprint density at radius 2 is 1.54 bits per heavy atom. The maximum absolute atomic E-state index is 13.4. The molecule has 9 N–H and O–H groups in total. The molecular weight excluding hydrogens is 480 g/mol. The van der Waals surface area contributed by atoms with Crippen LogP contribution in [0, 0.1) is 5.92 Å². The van der Waals surface area contributed by atoms with Crippen LogP contribution in [0.5, 0.6) is 0 Å². The predicted molar refractivity (Wildman–Crippen MR) is 138 cm³/mol. The number of nitrogens with one attached hydrogen (secondary N) is 2. The van der Waals surface area contributed by atoms with Crippen molar-refractivity contribution in [3.05, 3.63) is 35.9 Å². The van der Waals surface area contributed by atoms with Crippen molar-refractivity contribution in [2.45, 2.75) is 56.7 Å². The summed E-state index contributed by atoms with van der Waals surface area (Å²) in [6.07, 6.45) is 1.17. The summed E-state index contributed by atoms with van der Waals surface area (Å²) in [4.78, 5) is 63.8. The summed E-state index contributed by atoms with van der Waals surface area (Å²) >= 11 is 0. The first-order valence-corrected chi connectivity index (χ1v) is 12.2. The van der Waals surface area contributed by atoms with Crippen molar-refractivity contribution in [3.8, 4) is 0 Å². The monoisotopic (exact) mass is 520 g/mol. The van der Waals surface area contributed by atoms with Gasteiger partial charge in [0.1, 0.15) is 12.1 Å². The van der Waals surface area contributed by atoms with E-state index in [0.29, 0.717) is 12.8 Å². The molecule has 0 spiro atoms. The van der Waals surface area contributed by atoms with Crippen molar-refractivity contribution in [2.75, 3.05) is 27.2 Å². The van der Waals surface area contributed by atoms with Crippen LogP contribution in [0.3, 0.4) is 0 Å². The average molecular weight is 521 g/mol. The summed E-state index contributed by atoms with van der Waals surface area (Å²) < 4.78 is 0. The van der Waals surface area contributed by atoms with E-state index in [9.17, 15) is 29.1 Å². The maximum atomic E-state index is 13.4. The first-order chi connectivity index (χ1) is 17.4. The Bertz CT molecular complexity index is 910. The number of carbonyl (C=O) groups is 5. The molecule has 1 rings (SSSR count). The predicted octanol–water partition coefficient (Wildman–Crippen LogP) is -1.81. The van der Waals surface area contributed by atoms with Crippen LogP contribution in [-0.2, 0) is 30.4 Å². The lowest BCUT2D eigenvalue weighted by atomic mass is 9.90. The van der Waals surface area contributed by atoms with Crippen molar-refractivity contribution in [2.24, 2.45) is 23.1 Å². The maximum Gasteiger partial charge on any atom is 0.240 e. The second-order valence-electron chi connectivity index (χ2n) is 9.34. The molecule has 12 heteroatoms. The summed E-state index contributed by atoms with van der Waals surface area (Å²) in [6, 6.07) is 5.49. The van der Waals surface area contributed by atoms with Crippen molar-refractivity contribution < 1.29 is 29.1 Å². The number of primary amides is 2. The first kappa shape index (κ1) is 31.7. The average Bonchev–Trinajstić information content (AvgIpc) is 2.84. The van der Waals surface area contributed by atoms with Crippen LogP contribution in [-0.4, -0.2) is 84.8 Å². The van der Waals surface area contributed by atoms with Gasteiger partial charge in [0.25, 0.3) is 0 Å². The van der Waals surface area contributed by atoms with Crippen molar-refractivity contribution in [3.63, 3.8) is 0 Å². The Labute approximate surface area is 217 Å². The molecule has 0 saturated carbocycles. The Kier molecular flexibility index (Phi) is 14.0. The van der Waals surface area contributed by atoms with E-state index in [-0.39, 0.29) is 12.8 Å². The van der Waals surface area contributed by atoms with Gasteiger partial charge in [-0.1, -0.05) is 36.8 Å². The number of carbonyl (C=O) groups excluding carboxylic acids is 5. The van der Waals surface area contributed by atoms with Gasteiger partial charge in [0, 0.05) is 12.3 Å². The van der Waals surface area contributed by atoms with Crippen LogP contribution in [0.25, 0.3) is 0 Å². The Morgan fingerprint density at radius 1 is 0.919 bits per heavy atom. The molecule has 0 saturated heterocycles. The van der Waals surface area contributed by atoms with E-state index in [0.717, 1.165) is 18.5 Å². The standard InChI is InChI=1S/C25H40N6O6/c1-31(2)11-7-6-10-17(24(36)30-20(23(28)35)14-22(27)34)13-21(33)19(29-25(37)18(26)15-32)12-16-8-4-3-5-9-16/h3-5,8-9,17-20,32H,6-7,10-15,26H2,1-2H3,(H2,27,34)(H2,28,35)(H,29,37)(H,30,36)/t17-,18+,19+,20+/m1/s1. The molecule has 0 radical (unpaired) electrons. The van der Waals surface area contributed by atoms with Gasteiger partial charge in [-0.25, -0.2) is 0 Å². The van der Waals surface area contributed by atoms with Gasteiger partial charge in [-0.3, -0.25) is 24.0 Å². The highest BCUT2D eigenvalue weighted by atomic mass is 16.3. The molecule has 37 heavy (non-hydrogen) atoms. The minimum atomic E-state index is -1.30. The molecule has 0 aliphatic heterocycles. The van der Waals surface area contributed by atoms with Gasteiger partial charge in [-0.2, -0.15) is 0 Å². The Morgan fingerprint density at radius 3 is 2.08 bits per heavy atom. The lowest BCUT2D eigenvalue weighted by Crippen LogP contribution is -2.52. The molecule has 0 bridgehead atoms. The fraction of sp³-hybridized carbons (Fsp3) is 0.560. The number of Topliss-reactive ketones (excluding diaryl/α,β-unsaturated/α-hetero) is 1. The second kappa shape index (κ2) is 16.4. The van der Waals surface area contributed by atoms with E-state index in [1.807, 2.05) is 25.1 Å². The SMILES string of the molecule is CN(C)CCCC[C@H](CC(=O)[C@H](Cc1ccccc1)NC(=O)[C@@H](N)CO)C(=O)N[C@@H](CC(N)=O)C(N)=O. The summed E-state index contributed by atoms with van der Waals surface area (Å²) in [6.45, 7) is 0.183. The lowest BCUT2D eigenvalue weighted by Gasteiger charge is -2.24. The molecule has 1 aromatic rings. The van der Waals surface area contributed by atoms with Crippen molar-refractivity contribution in [1.82, 2.24) is 15.5 Å². The molecule has 0 aliphatic rings. The number of aliphatic hydroxyl groups excluding tert-OH is 1. The largest absolute Gasteiger partial charge is 0.394 e. The molecule has 0 heterocycles. The number of rotatable bonds is 18. The number of amides is 4. The molecule has 0 fully saturated rings. The number of nitrogens with zero attached hydrogens (tertiary/aromatic N) is 1. The van der Waals surface area contributed by atoms with Gasteiger partial charge >= 0.3 is 0 Å². The molecule has 0 aliphatic carbocycles. The summed E-state index contributed by atoms with van der Waals surface area (Å²) in [5, 5.41) is 14.2. The molecule has 1 aromatic carbocycles. The smallest absolute Gasteiger partial charge is 0.240 e. The normalized spacial score (nSPS) is 14.3. The van der Waals surface area contributed by atoms with Crippen LogP contribution < -0.4 is 27.8 Å². The third kappa shape index (κ3) is 12.4. The third-order valence-electron chi connectivity index (χ3n) is 5.81. The second-order valence-corrected chi connectivity index (χ2v) is 9.34. The molecule has 12 nitrogen and oxygen atoms in total. The van der Waals surface area contributed by atoms with Gasteiger partial charge < -0.3 is 37.8 Å². The first-order valence-electron chi connectivity index (χ1n) is 12.2. The zero-order chi connectivity index (χ0) is 28.0. The molecule has 206 valence electrons. The van der Waals surface area contributed by atoms with Gasteiger partial charge in [0.15, 0.2) is 5.78 Å². The highest BCUT2D eigenvalue weighted by Crippen LogP contribution is 2.17. The number of aliphatic hydroxyl groups is 1. The number of hydrogen-bond donors (Lipinski definition) is 6. The minimum absolute atomic E-state index is 0.157. The van der Waals surface area contributed by atoms with E-state index in [1.165, 1.54) is 0 Å². The van der Waals surface area contributed by atoms with Crippen LogP contribution in [0.2, 0.25) is 0 Å². The number of hydrogen-bond acceptors (Lipinski definition) is 8. The van der Waals surface area contributed by atoms with E-state index in [1.54, 1.807) is 24.3 Å². The molecule has 4 amide bonds. The number of nitrogens with two attached hydrogens (primary N) is 3. The van der Waals surface area contributed by atoms with Crippen molar-refractivity contribution >= 4 is 29.4 Å². The third-order valence-corrected chi connectivity index (χ3v) is 5.81. The summed E-state index contributed by atoms with van der Waals surface area (Å²) in [5.74, 6) is -4.29. The number of benzene rings is 1. The fourth-order valence-corrected chi connectivity index (χ4v) is 3.70. The van der Waals surface area contributed by atoms with Crippen LogP contribution in [0.15, 0.2) is 30.3 Å². The molecule has 4 atom stereocenters. The highest BCUT2D eigenvalue weighted by molar-refractivity contribution is 5.95. The quantitative estimate of drug-likeness (QED) is 0.121. The van der Waals surface area contributed by atoms with E-state index in [4.69, 9.17) is 17.2 Å². The topological polar surface area (TPSA) is 211 Å². The zero-order valence-electron chi connectivity index (χ0n) is 21.5. The van der Waals surface area contributed by atoms with Crippen LogP contribution in [0.1, 0.15) is 37.7 Å². The highest BCUT2D eigenvalue weighted by Gasteiger charge is 2.31. The van der Waals surface area contributed by atoms with Crippen LogP contribution >= 0.6 is 0 Å². The number of ketones is 1. The fourth-order valence-electron chi connectivity index (χ4n) is 3.70. The summed E-state index contributed by atoms with van der Waals surface area (Å²) in [7, 11) is 3.84. The lowest BCUT2D eigenvalue weighted by molar-refractivity contribution is -0.134. The number of unbranched alkanes of at least 4 members (excludes halogenated alkanes) is 1. The zero-order valence-corrected chi connectivity index (χ0v) is 21.5. The molecule has 0 unspecified atom stereocenters. The van der Waals surface area contributed by atoms with E-state index in [2.05, 4.69) is 10.6 Å². The van der Waals surface area contributed by atoms with E-state index >= 15 is 0 Å². The molecule has 0 aromatic heterocycles. The minimum Gasteiger partial charge on any atom is -0.394 e. The van der Waals surface area contributed by atoms with Crippen LogP contribution in [0.4, 0.5) is 0 Å². The summed E-state index contributed by atoms with van der Waals surface area (Å²) in [5.41, 5.74) is 16.9. The Hall–Kier alpha value is -3.35. The van der Waals surface area contributed by atoms with Gasteiger partial charge in [-0.15, -0.1) is 0 Å². The van der Waals surface area contributed by atoms with Gasteiger partial charge in [0.2, 0.25) is 23.6 Å².